The van der Waals surface area contributed by atoms with Crippen molar-refractivity contribution in [2.75, 3.05) is 6.54 Å². The number of unbranched alkanes of at least 4 members (excludes halogenated alkanes) is 1. The van der Waals surface area contributed by atoms with Crippen LogP contribution in [0.25, 0.3) is 0 Å². The lowest BCUT2D eigenvalue weighted by Crippen LogP contribution is -2.35. The third kappa shape index (κ3) is 10.8. The van der Waals surface area contributed by atoms with Gasteiger partial charge in [0.15, 0.2) is 0 Å². The van der Waals surface area contributed by atoms with Crippen LogP contribution in [-0.2, 0) is 30.5 Å². The highest BCUT2D eigenvalue weighted by Crippen LogP contribution is 2.22. The third-order valence-corrected chi connectivity index (χ3v) is 6.33. The molecule has 0 fully saturated rings. The van der Waals surface area contributed by atoms with E-state index in [0.717, 1.165) is 16.7 Å². The molecule has 2 aromatic rings. The lowest BCUT2D eigenvalue weighted by atomic mass is 10.1. The van der Waals surface area contributed by atoms with Gasteiger partial charge in [-0.25, -0.2) is 10.9 Å². The Kier molecular flexibility index (Phi) is 12.6. The molecule has 212 valence electrons. The number of hydrogen-bond donors (Lipinski definition) is 3. The fraction of sp³-hybridized carbons (Fsp3) is 0.367. The smallest absolute Gasteiger partial charge is 0.306 e. The normalized spacial score (nSPS) is 17.4. The summed E-state index contributed by atoms with van der Waals surface area (Å²) < 4.78 is 5.81. The maximum atomic E-state index is 13.2. The van der Waals surface area contributed by atoms with Crippen LogP contribution in [-0.4, -0.2) is 46.6 Å². The first-order valence-corrected chi connectivity index (χ1v) is 13.5. The second-order valence-corrected chi connectivity index (χ2v) is 9.49. The Hall–Kier alpha value is -4.31. The summed E-state index contributed by atoms with van der Waals surface area (Å²) in [5.74, 6) is -1.07. The number of hydroxylamine groups is 1. The van der Waals surface area contributed by atoms with E-state index in [0.29, 0.717) is 45.1 Å². The fourth-order valence-electron chi connectivity index (χ4n) is 4.14. The number of nitrogens with one attached hydrogen (secondary N) is 2. The van der Waals surface area contributed by atoms with Gasteiger partial charge in [-0.3, -0.25) is 24.4 Å². The summed E-state index contributed by atoms with van der Waals surface area (Å²) in [5, 5.41) is 12.4. The number of esters is 1. The molecule has 3 rings (SSSR count). The van der Waals surface area contributed by atoms with E-state index in [1.54, 1.807) is 10.4 Å². The molecule has 1 atom stereocenters. The van der Waals surface area contributed by atoms with Gasteiger partial charge in [-0.2, -0.15) is 5.10 Å². The molecule has 0 spiro atoms. The van der Waals surface area contributed by atoms with Crippen molar-refractivity contribution in [1.82, 2.24) is 15.8 Å². The zero-order valence-corrected chi connectivity index (χ0v) is 22.5. The number of nitrogens with zero attached hydrogens (tertiary/aromatic N) is 2. The lowest BCUT2D eigenvalue weighted by molar-refractivity contribution is -0.152. The number of hydrazone groups is 1. The minimum atomic E-state index is -0.567. The Morgan fingerprint density at radius 2 is 1.62 bits per heavy atom. The van der Waals surface area contributed by atoms with Crippen molar-refractivity contribution in [3.8, 4) is 0 Å². The molecule has 0 bridgehead atoms. The summed E-state index contributed by atoms with van der Waals surface area (Å²) in [4.78, 5) is 50.2. The molecule has 0 aliphatic carbocycles. The molecule has 3 N–H and O–H groups in total. The average Bonchev–Trinajstić information content (AvgIpc) is 2.96. The van der Waals surface area contributed by atoms with Crippen LogP contribution in [0.4, 0.5) is 0 Å². The average molecular weight is 549 g/mol. The fourth-order valence-corrected chi connectivity index (χ4v) is 4.14. The summed E-state index contributed by atoms with van der Waals surface area (Å²) >= 11 is 0. The Morgan fingerprint density at radius 3 is 2.33 bits per heavy atom. The van der Waals surface area contributed by atoms with Gasteiger partial charge in [-0.05, 0) is 42.4 Å². The first-order chi connectivity index (χ1) is 19.4. The first-order valence-electron chi connectivity index (χ1n) is 13.5. The van der Waals surface area contributed by atoms with Gasteiger partial charge in [0.25, 0.3) is 0 Å². The second kappa shape index (κ2) is 16.6. The van der Waals surface area contributed by atoms with Crippen molar-refractivity contribution < 1.29 is 29.1 Å². The highest BCUT2D eigenvalue weighted by Gasteiger charge is 2.24. The molecule has 0 unspecified atom stereocenters. The predicted molar refractivity (Wildman–Crippen MR) is 149 cm³/mol. The van der Waals surface area contributed by atoms with Gasteiger partial charge in [-0.1, -0.05) is 66.7 Å². The highest BCUT2D eigenvalue weighted by atomic mass is 16.5. The summed E-state index contributed by atoms with van der Waals surface area (Å²) in [5.41, 5.74) is 6.53. The Balaban J connectivity index is 1.61. The van der Waals surface area contributed by atoms with Gasteiger partial charge in [0, 0.05) is 32.2 Å². The van der Waals surface area contributed by atoms with Crippen LogP contribution >= 0.6 is 0 Å². The van der Waals surface area contributed by atoms with E-state index in [1.165, 1.54) is 6.21 Å². The molecule has 2 aromatic carbocycles. The summed E-state index contributed by atoms with van der Waals surface area (Å²) in [6.45, 7) is 0.601. The van der Waals surface area contributed by atoms with E-state index >= 15 is 0 Å². The monoisotopic (exact) mass is 548 g/mol. The van der Waals surface area contributed by atoms with Gasteiger partial charge in [0.1, 0.15) is 6.10 Å². The molecular formula is C30H36N4O6. The Morgan fingerprint density at radius 1 is 0.950 bits per heavy atom. The van der Waals surface area contributed by atoms with Crippen LogP contribution in [0.3, 0.4) is 0 Å². The van der Waals surface area contributed by atoms with Gasteiger partial charge in [0.2, 0.25) is 17.7 Å². The molecule has 0 saturated heterocycles. The van der Waals surface area contributed by atoms with Gasteiger partial charge < -0.3 is 9.64 Å². The van der Waals surface area contributed by atoms with E-state index < -0.39 is 12.0 Å². The topological polar surface area (TPSA) is 137 Å². The number of allylic oxidation sites excluding steroid dienone is 2. The molecule has 1 aliphatic heterocycles. The molecule has 1 aliphatic rings. The molecule has 0 aromatic heterocycles. The third-order valence-electron chi connectivity index (χ3n) is 6.33. The Labute approximate surface area is 234 Å². The SMILES string of the molecule is O=C(CCCCC(=O)N/N=C/c1ccc(CN2C[C@@H](c3ccccc3)OC(=O)CC/C=C/CCC2=O)cc1)NO. The lowest BCUT2D eigenvalue weighted by Gasteiger charge is -2.28. The first kappa shape index (κ1) is 30.2. The molecule has 40 heavy (non-hydrogen) atoms. The van der Waals surface area contributed by atoms with E-state index in [4.69, 9.17) is 9.94 Å². The van der Waals surface area contributed by atoms with Crippen molar-refractivity contribution in [2.45, 2.75) is 64.0 Å². The predicted octanol–water partition coefficient (Wildman–Crippen LogP) is 3.95. The highest BCUT2D eigenvalue weighted by molar-refractivity contribution is 5.82. The van der Waals surface area contributed by atoms with Crippen molar-refractivity contribution in [2.24, 2.45) is 5.10 Å². The molecule has 0 radical (unpaired) electrons. The van der Waals surface area contributed by atoms with Gasteiger partial charge in [0.05, 0.1) is 12.8 Å². The van der Waals surface area contributed by atoms with Crippen LogP contribution in [0.15, 0.2) is 71.9 Å². The number of hydrogen-bond acceptors (Lipinski definition) is 7. The quantitative estimate of drug-likeness (QED) is 0.103. The largest absolute Gasteiger partial charge is 0.456 e. The molecule has 0 saturated carbocycles. The number of benzene rings is 2. The van der Waals surface area contributed by atoms with E-state index in [2.05, 4.69) is 10.5 Å². The van der Waals surface area contributed by atoms with E-state index in [1.807, 2.05) is 66.7 Å². The van der Waals surface area contributed by atoms with Gasteiger partial charge >= 0.3 is 5.97 Å². The number of ether oxygens (including phenoxy) is 1. The van der Waals surface area contributed by atoms with Gasteiger partial charge in [-0.15, -0.1) is 0 Å². The van der Waals surface area contributed by atoms with Crippen molar-refractivity contribution >= 4 is 29.9 Å². The van der Waals surface area contributed by atoms with Crippen molar-refractivity contribution in [3.63, 3.8) is 0 Å². The molecule has 10 nitrogen and oxygen atoms in total. The molecular weight excluding hydrogens is 512 g/mol. The summed E-state index contributed by atoms with van der Waals surface area (Å²) in [6, 6.07) is 16.9. The Bertz CT molecular complexity index is 1180. The minimum Gasteiger partial charge on any atom is -0.456 e. The minimum absolute atomic E-state index is 0.0208. The number of carbonyl (C=O) groups is 4. The van der Waals surface area contributed by atoms with E-state index in [-0.39, 0.29) is 37.2 Å². The number of amides is 3. The standard InChI is InChI=1S/C30H36N4O6/c35-27(12-8-9-13-28(36)33-39)32-31-20-23-16-18-24(19-17-23)21-34-22-26(25-10-4-3-5-11-25)40-30(38)15-7-2-1-6-14-29(34)37/h1-5,10-11,16-20,26,39H,6-9,12-15,21-22H2,(H,32,35)(H,33,36)/b2-1+,31-20+/t26-/m0/s1. The van der Waals surface area contributed by atoms with Crippen molar-refractivity contribution in [1.29, 1.82) is 0 Å². The molecule has 1 heterocycles. The van der Waals surface area contributed by atoms with Crippen LogP contribution in [0.1, 0.15) is 74.2 Å². The van der Waals surface area contributed by atoms with Crippen LogP contribution in [0.5, 0.6) is 0 Å². The summed E-state index contributed by atoms with van der Waals surface area (Å²) in [6.07, 6.45) is 8.01. The van der Waals surface area contributed by atoms with E-state index in [9.17, 15) is 19.2 Å². The maximum Gasteiger partial charge on any atom is 0.306 e. The van der Waals surface area contributed by atoms with Crippen LogP contribution in [0, 0.1) is 0 Å². The molecule has 3 amide bonds. The molecule has 10 heteroatoms. The number of carbonyl (C=O) groups excluding carboxylic acids is 4. The zero-order valence-electron chi connectivity index (χ0n) is 22.5. The van der Waals surface area contributed by atoms with Crippen LogP contribution < -0.4 is 10.9 Å². The zero-order chi connectivity index (χ0) is 28.6. The number of cyclic esters (lactones) is 1. The second-order valence-electron chi connectivity index (χ2n) is 9.49. The number of rotatable bonds is 10. The van der Waals surface area contributed by atoms with Crippen LogP contribution in [0.2, 0.25) is 0 Å². The van der Waals surface area contributed by atoms with Crippen molar-refractivity contribution in [3.05, 3.63) is 83.4 Å². The summed E-state index contributed by atoms with van der Waals surface area (Å²) in [7, 11) is 0. The maximum absolute atomic E-state index is 13.2.